The molecule has 39 heavy (non-hydrogen) atoms. The van der Waals surface area contributed by atoms with Gasteiger partial charge in [0.2, 0.25) is 5.91 Å². The van der Waals surface area contributed by atoms with Crippen molar-refractivity contribution in [2.45, 2.75) is 39.2 Å². The van der Waals surface area contributed by atoms with E-state index >= 15 is 0 Å². The molecule has 3 heterocycles. The molecule has 5 rings (SSSR count). The van der Waals surface area contributed by atoms with Crippen LogP contribution in [-0.2, 0) is 4.79 Å². The first kappa shape index (κ1) is 26.3. The minimum Gasteiger partial charge on any atom is -0.399 e. The number of nitrogen functional groups attached to an aromatic ring is 1. The van der Waals surface area contributed by atoms with Gasteiger partial charge in [-0.2, -0.15) is 0 Å². The Kier molecular flexibility index (Phi) is 7.30. The molecule has 2 atom stereocenters. The molecule has 9 nitrogen and oxygen atoms in total. The number of anilines is 2. The van der Waals surface area contributed by atoms with Gasteiger partial charge in [0.1, 0.15) is 5.69 Å². The van der Waals surface area contributed by atoms with Crippen molar-refractivity contribution in [1.82, 2.24) is 25.3 Å². The number of hydrogen-bond donors (Lipinski definition) is 3. The highest BCUT2D eigenvalue weighted by Crippen LogP contribution is 2.33. The molecule has 0 fully saturated rings. The minimum atomic E-state index is -0.653. The quantitative estimate of drug-likeness (QED) is 0.301. The first-order valence-electron chi connectivity index (χ1n) is 12.6. The number of nitrogens with one attached hydrogen (secondary N) is 2. The van der Waals surface area contributed by atoms with E-state index in [-0.39, 0.29) is 28.2 Å². The summed E-state index contributed by atoms with van der Waals surface area (Å²) >= 11 is 5.93. The Labute approximate surface area is 229 Å². The maximum Gasteiger partial charge on any atom is 0.274 e. The highest BCUT2D eigenvalue weighted by molar-refractivity contribution is 6.30. The Morgan fingerprint density at radius 2 is 2.03 bits per heavy atom. The van der Waals surface area contributed by atoms with Crippen molar-refractivity contribution in [2.75, 3.05) is 11.1 Å². The van der Waals surface area contributed by atoms with Crippen molar-refractivity contribution in [3.63, 3.8) is 0 Å². The Morgan fingerprint density at radius 1 is 1.21 bits per heavy atom. The zero-order chi connectivity index (χ0) is 27.7. The normalized spacial score (nSPS) is 17.4. The smallest absolute Gasteiger partial charge is 0.274 e. The zero-order valence-corrected chi connectivity index (χ0v) is 22.2. The van der Waals surface area contributed by atoms with Gasteiger partial charge in [-0.15, -0.1) is 5.10 Å². The molecule has 0 aliphatic carbocycles. The fourth-order valence-corrected chi connectivity index (χ4v) is 4.85. The lowest BCUT2D eigenvalue weighted by atomic mass is 9.95. The number of pyridine rings is 1. The Bertz CT molecular complexity index is 1570. The topological polar surface area (TPSA) is 128 Å². The molecule has 1 aliphatic rings. The van der Waals surface area contributed by atoms with Crippen LogP contribution in [0.3, 0.4) is 0 Å². The van der Waals surface area contributed by atoms with E-state index in [4.69, 9.17) is 17.3 Å². The number of nitrogens with zero attached hydrogens (tertiary/aromatic N) is 4. The summed E-state index contributed by atoms with van der Waals surface area (Å²) in [5.74, 6) is -1.47. The predicted octanol–water partition coefficient (Wildman–Crippen LogP) is 5.24. The lowest BCUT2D eigenvalue weighted by molar-refractivity contribution is -0.119. The number of carbonyl (C=O) groups excluding carboxylic acids is 2. The van der Waals surface area contributed by atoms with Gasteiger partial charge in [-0.05, 0) is 61.7 Å². The van der Waals surface area contributed by atoms with E-state index in [1.807, 2.05) is 25.1 Å². The molecule has 2 aromatic heterocycles. The second-order valence-electron chi connectivity index (χ2n) is 9.63. The number of fused-ring (bicyclic) bond motifs is 4. The molecule has 2 bridgehead atoms. The number of nitrogens with two attached hydrogens (primary N) is 1. The van der Waals surface area contributed by atoms with Crippen molar-refractivity contribution in [3.8, 4) is 16.8 Å². The molecule has 200 valence electrons. The summed E-state index contributed by atoms with van der Waals surface area (Å²) in [6.07, 6.45) is 3.49. The van der Waals surface area contributed by atoms with Crippen LogP contribution < -0.4 is 16.4 Å². The third-order valence-corrected chi connectivity index (χ3v) is 7.19. The minimum absolute atomic E-state index is 0.0558. The molecule has 0 spiro atoms. The van der Waals surface area contributed by atoms with Crippen molar-refractivity contribution < 1.29 is 14.0 Å². The van der Waals surface area contributed by atoms with Gasteiger partial charge < -0.3 is 16.4 Å². The van der Waals surface area contributed by atoms with Gasteiger partial charge in [-0.1, -0.05) is 42.3 Å². The van der Waals surface area contributed by atoms with Gasteiger partial charge in [-0.25, -0.2) is 9.07 Å². The average molecular weight is 548 g/mol. The Morgan fingerprint density at radius 3 is 2.85 bits per heavy atom. The second kappa shape index (κ2) is 10.8. The van der Waals surface area contributed by atoms with Gasteiger partial charge in [0, 0.05) is 23.4 Å². The number of amides is 2. The molecule has 11 heteroatoms. The van der Waals surface area contributed by atoms with Crippen LogP contribution in [0.1, 0.15) is 54.1 Å². The first-order valence-corrected chi connectivity index (χ1v) is 12.9. The number of benzene rings is 2. The summed E-state index contributed by atoms with van der Waals surface area (Å²) in [4.78, 5) is 30.8. The van der Waals surface area contributed by atoms with E-state index in [1.54, 1.807) is 31.3 Å². The summed E-state index contributed by atoms with van der Waals surface area (Å²) in [5, 5.41) is 14.0. The van der Waals surface area contributed by atoms with Crippen molar-refractivity contribution in [2.24, 2.45) is 5.92 Å². The second-order valence-corrected chi connectivity index (χ2v) is 10.0. The lowest BCUT2D eigenvalue weighted by Gasteiger charge is -2.22. The monoisotopic (exact) mass is 547 g/mol. The summed E-state index contributed by atoms with van der Waals surface area (Å²) < 4.78 is 15.9. The van der Waals surface area contributed by atoms with Gasteiger partial charge in [0.15, 0.2) is 11.5 Å². The fraction of sp³-hybridized carbons (Fsp3) is 0.250. The highest BCUT2D eigenvalue weighted by atomic mass is 35.5. The standard InChI is InChI=1S/C28H27ClFN7O2/c1-15-5-3-7-21(23-13-17(11-12-32-23)19-10-9-18(31)14-22(19)34-27(15)38)33-28(39)26-16(2)37(36-35-26)24-8-4-6-20(29)25(24)30/h4,6,8-15,21H,3,5,7,31H2,1-2H3,(H,33,39)(H,34,38)/t15-,21-/m0/s1. The molecule has 2 amide bonds. The van der Waals surface area contributed by atoms with E-state index in [0.29, 0.717) is 42.0 Å². The van der Waals surface area contributed by atoms with E-state index in [2.05, 4.69) is 25.9 Å². The number of hydrogen-bond acceptors (Lipinski definition) is 6. The largest absolute Gasteiger partial charge is 0.399 e. The van der Waals surface area contributed by atoms with Gasteiger partial charge in [0.05, 0.1) is 28.1 Å². The maximum absolute atomic E-state index is 14.6. The van der Waals surface area contributed by atoms with Gasteiger partial charge in [-0.3, -0.25) is 14.6 Å². The molecule has 1 aliphatic heterocycles. The molecule has 4 aromatic rings. The highest BCUT2D eigenvalue weighted by Gasteiger charge is 2.25. The van der Waals surface area contributed by atoms with Crippen LogP contribution in [0.25, 0.3) is 16.8 Å². The lowest BCUT2D eigenvalue weighted by Crippen LogP contribution is -2.30. The number of halogens is 2. The van der Waals surface area contributed by atoms with Gasteiger partial charge in [0.25, 0.3) is 5.91 Å². The SMILES string of the molecule is Cc1c(C(=O)N[C@H]2CCC[C@H](C)C(=O)Nc3cc(N)ccc3-c3ccnc2c3)nnn1-c1cccc(Cl)c1F. The molecule has 2 aromatic carbocycles. The van der Waals surface area contributed by atoms with Crippen molar-refractivity contribution >= 4 is 34.8 Å². The third-order valence-electron chi connectivity index (χ3n) is 6.90. The first-order chi connectivity index (χ1) is 18.7. The van der Waals surface area contributed by atoms with Crippen molar-refractivity contribution in [3.05, 3.63) is 82.6 Å². The van der Waals surface area contributed by atoms with Gasteiger partial charge >= 0.3 is 0 Å². The Balaban J connectivity index is 1.49. The summed E-state index contributed by atoms with van der Waals surface area (Å²) in [6, 6.07) is 13.2. The van der Waals surface area contributed by atoms with Crippen LogP contribution in [-0.4, -0.2) is 31.8 Å². The third kappa shape index (κ3) is 5.33. The van der Waals surface area contributed by atoms with Crippen LogP contribution in [0.15, 0.2) is 54.7 Å². The molecular formula is C28H27ClFN7O2. The molecular weight excluding hydrogens is 521 g/mol. The summed E-state index contributed by atoms with van der Waals surface area (Å²) in [7, 11) is 0. The zero-order valence-electron chi connectivity index (χ0n) is 21.4. The summed E-state index contributed by atoms with van der Waals surface area (Å²) in [5.41, 5.74) is 9.95. The molecule has 0 saturated carbocycles. The Hall–Kier alpha value is -4.31. The molecule has 4 N–H and O–H groups in total. The van der Waals surface area contributed by atoms with E-state index in [9.17, 15) is 14.0 Å². The average Bonchev–Trinajstić information content (AvgIpc) is 3.30. The number of rotatable bonds is 3. The molecule has 0 saturated heterocycles. The van der Waals surface area contributed by atoms with E-state index < -0.39 is 17.8 Å². The molecule has 0 unspecified atom stereocenters. The number of carbonyl (C=O) groups is 2. The van der Waals surface area contributed by atoms with Crippen LogP contribution >= 0.6 is 11.6 Å². The van der Waals surface area contributed by atoms with Crippen LogP contribution in [0.5, 0.6) is 0 Å². The summed E-state index contributed by atoms with van der Waals surface area (Å²) in [6.45, 7) is 3.51. The fourth-order valence-electron chi connectivity index (χ4n) is 4.68. The predicted molar refractivity (Wildman–Crippen MR) is 147 cm³/mol. The van der Waals surface area contributed by atoms with E-state index in [0.717, 1.165) is 11.1 Å². The number of aromatic nitrogens is 4. The maximum atomic E-state index is 14.6. The van der Waals surface area contributed by atoms with Crippen LogP contribution in [0, 0.1) is 18.7 Å². The van der Waals surface area contributed by atoms with E-state index in [1.165, 1.54) is 16.8 Å². The molecule has 0 radical (unpaired) electrons. The van der Waals surface area contributed by atoms with Crippen LogP contribution in [0.2, 0.25) is 5.02 Å². The van der Waals surface area contributed by atoms with Crippen LogP contribution in [0.4, 0.5) is 15.8 Å². The van der Waals surface area contributed by atoms with Crippen molar-refractivity contribution in [1.29, 1.82) is 0 Å².